The van der Waals surface area contributed by atoms with Crippen molar-refractivity contribution in [3.05, 3.63) is 78.1 Å². The predicted octanol–water partition coefficient (Wildman–Crippen LogP) is 4.77. The van der Waals surface area contributed by atoms with Gasteiger partial charge in [0.05, 0.1) is 5.56 Å². The summed E-state index contributed by atoms with van der Waals surface area (Å²) < 4.78 is 5.76. The first-order valence-corrected chi connectivity index (χ1v) is 9.74. The van der Waals surface area contributed by atoms with Crippen molar-refractivity contribution in [1.82, 2.24) is 9.97 Å². The molecule has 1 amide bonds. The van der Waals surface area contributed by atoms with Crippen molar-refractivity contribution in [2.24, 2.45) is 5.92 Å². The standard InChI is InChI=1S/C23H26N4O2/c1-17(2)12-13-24-23-25-14-19(15-26-23)22(28)27-20-8-10-21(11-9-20)29-16-18-6-4-3-5-7-18/h3-11,14-15,17H,12-13,16H2,1-2H3,(H,27,28)(H,24,25,26). The Bertz CT molecular complexity index is 894. The fraction of sp³-hybridized carbons (Fsp3) is 0.261. The van der Waals surface area contributed by atoms with Crippen LogP contribution in [0.25, 0.3) is 0 Å². The maximum Gasteiger partial charge on any atom is 0.258 e. The number of benzene rings is 2. The van der Waals surface area contributed by atoms with E-state index in [1.807, 2.05) is 42.5 Å². The molecule has 2 aromatic carbocycles. The van der Waals surface area contributed by atoms with Gasteiger partial charge in [0, 0.05) is 24.6 Å². The Hall–Kier alpha value is -3.41. The lowest BCUT2D eigenvalue weighted by Crippen LogP contribution is -2.14. The van der Waals surface area contributed by atoms with Gasteiger partial charge in [-0.3, -0.25) is 4.79 Å². The lowest BCUT2D eigenvalue weighted by molar-refractivity contribution is 0.102. The van der Waals surface area contributed by atoms with E-state index in [0.29, 0.717) is 29.7 Å². The van der Waals surface area contributed by atoms with Gasteiger partial charge in [0.1, 0.15) is 12.4 Å². The lowest BCUT2D eigenvalue weighted by atomic mass is 10.1. The van der Waals surface area contributed by atoms with Crippen molar-refractivity contribution in [2.75, 3.05) is 17.2 Å². The average molecular weight is 390 g/mol. The van der Waals surface area contributed by atoms with Gasteiger partial charge in [-0.1, -0.05) is 44.2 Å². The molecule has 1 heterocycles. The molecule has 0 aliphatic heterocycles. The fourth-order valence-corrected chi connectivity index (χ4v) is 2.59. The number of anilines is 2. The zero-order valence-electron chi connectivity index (χ0n) is 16.8. The monoisotopic (exact) mass is 390 g/mol. The molecule has 0 spiro atoms. The summed E-state index contributed by atoms with van der Waals surface area (Å²) >= 11 is 0. The molecule has 0 fully saturated rings. The third kappa shape index (κ3) is 6.60. The molecule has 0 bridgehead atoms. The first-order valence-electron chi connectivity index (χ1n) is 9.74. The van der Waals surface area contributed by atoms with Crippen LogP contribution in [0.15, 0.2) is 67.0 Å². The first kappa shape index (κ1) is 20.3. The molecule has 6 heteroatoms. The maximum atomic E-state index is 12.4. The van der Waals surface area contributed by atoms with Crippen LogP contribution in [0.4, 0.5) is 11.6 Å². The Morgan fingerprint density at radius 2 is 1.69 bits per heavy atom. The molecule has 0 saturated carbocycles. The highest BCUT2D eigenvalue weighted by Crippen LogP contribution is 2.18. The number of ether oxygens (including phenoxy) is 1. The minimum atomic E-state index is -0.253. The normalized spacial score (nSPS) is 10.6. The van der Waals surface area contributed by atoms with E-state index in [0.717, 1.165) is 24.3 Å². The van der Waals surface area contributed by atoms with Crippen molar-refractivity contribution in [3.63, 3.8) is 0 Å². The third-order valence-electron chi connectivity index (χ3n) is 4.28. The van der Waals surface area contributed by atoms with Gasteiger partial charge in [-0.15, -0.1) is 0 Å². The Morgan fingerprint density at radius 1 is 1.00 bits per heavy atom. The van der Waals surface area contributed by atoms with E-state index in [9.17, 15) is 4.79 Å². The molecule has 0 saturated heterocycles. The number of carbonyl (C=O) groups is 1. The number of amides is 1. The quantitative estimate of drug-likeness (QED) is 0.551. The fourth-order valence-electron chi connectivity index (χ4n) is 2.59. The summed E-state index contributed by atoms with van der Waals surface area (Å²) in [7, 11) is 0. The van der Waals surface area contributed by atoms with Crippen LogP contribution >= 0.6 is 0 Å². The van der Waals surface area contributed by atoms with Crippen LogP contribution in [0.1, 0.15) is 36.2 Å². The van der Waals surface area contributed by atoms with Gasteiger partial charge in [-0.05, 0) is 42.2 Å². The second-order valence-electron chi connectivity index (χ2n) is 7.16. The topological polar surface area (TPSA) is 76.1 Å². The van der Waals surface area contributed by atoms with Crippen LogP contribution in [0.5, 0.6) is 5.75 Å². The summed E-state index contributed by atoms with van der Waals surface area (Å²) in [5.41, 5.74) is 2.19. The molecule has 0 atom stereocenters. The van der Waals surface area contributed by atoms with Crippen LogP contribution in [0.2, 0.25) is 0 Å². The molecule has 150 valence electrons. The van der Waals surface area contributed by atoms with Gasteiger partial charge in [-0.2, -0.15) is 0 Å². The lowest BCUT2D eigenvalue weighted by Gasteiger charge is -2.09. The smallest absolute Gasteiger partial charge is 0.258 e. The van der Waals surface area contributed by atoms with E-state index in [1.54, 1.807) is 12.1 Å². The Balaban J connectivity index is 1.49. The van der Waals surface area contributed by atoms with E-state index in [1.165, 1.54) is 12.4 Å². The number of rotatable bonds is 9. The van der Waals surface area contributed by atoms with Crippen molar-refractivity contribution in [1.29, 1.82) is 0 Å². The van der Waals surface area contributed by atoms with E-state index >= 15 is 0 Å². The van der Waals surface area contributed by atoms with Crippen molar-refractivity contribution in [2.45, 2.75) is 26.9 Å². The zero-order chi connectivity index (χ0) is 20.5. The second kappa shape index (κ2) is 10.2. The van der Waals surface area contributed by atoms with Crippen LogP contribution in [0, 0.1) is 5.92 Å². The predicted molar refractivity (Wildman–Crippen MR) is 115 cm³/mol. The average Bonchev–Trinajstić information content (AvgIpc) is 2.74. The number of hydrogen-bond acceptors (Lipinski definition) is 5. The SMILES string of the molecule is CC(C)CCNc1ncc(C(=O)Nc2ccc(OCc3ccccc3)cc2)cn1. The van der Waals surface area contributed by atoms with E-state index in [4.69, 9.17) is 4.74 Å². The summed E-state index contributed by atoms with van der Waals surface area (Å²) in [6, 6.07) is 17.2. The molecular weight excluding hydrogens is 364 g/mol. The minimum Gasteiger partial charge on any atom is -0.489 e. The van der Waals surface area contributed by atoms with Crippen molar-refractivity contribution < 1.29 is 9.53 Å². The van der Waals surface area contributed by atoms with Crippen LogP contribution in [0.3, 0.4) is 0 Å². The number of hydrogen-bond donors (Lipinski definition) is 2. The minimum absolute atomic E-state index is 0.253. The maximum absolute atomic E-state index is 12.4. The zero-order valence-corrected chi connectivity index (χ0v) is 16.8. The van der Waals surface area contributed by atoms with Crippen LogP contribution < -0.4 is 15.4 Å². The largest absolute Gasteiger partial charge is 0.489 e. The molecule has 6 nitrogen and oxygen atoms in total. The van der Waals surface area contributed by atoms with Gasteiger partial charge in [0.2, 0.25) is 5.95 Å². The van der Waals surface area contributed by atoms with E-state index in [2.05, 4.69) is 34.4 Å². The number of nitrogens with one attached hydrogen (secondary N) is 2. The summed E-state index contributed by atoms with van der Waals surface area (Å²) in [6.45, 7) is 5.64. The Labute approximate surface area is 171 Å². The molecule has 2 N–H and O–H groups in total. The van der Waals surface area contributed by atoms with E-state index < -0.39 is 0 Å². The highest BCUT2D eigenvalue weighted by molar-refractivity contribution is 6.03. The van der Waals surface area contributed by atoms with E-state index in [-0.39, 0.29) is 5.91 Å². The molecule has 0 aliphatic carbocycles. The van der Waals surface area contributed by atoms with Gasteiger partial charge in [0.25, 0.3) is 5.91 Å². The Morgan fingerprint density at radius 3 is 2.34 bits per heavy atom. The van der Waals surface area contributed by atoms with Crippen LogP contribution in [-0.2, 0) is 6.61 Å². The van der Waals surface area contributed by atoms with Gasteiger partial charge < -0.3 is 15.4 Å². The molecular formula is C23H26N4O2. The number of nitrogens with zero attached hydrogens (tertiary/aromatic N) is 2. The third-order valence-corrected chi connectivity index (χ3v) is 4.28. The summed E-state index contributed by atoms with van der Waals surface area (Å²) in [5.74, 6) is 1.63. The van der Waals surface area contributed by atoms with Crippen LogP contribution in [-0.4, -0.2) is 22.4 Å². The Kier molecular flexibility index (Phi) is 7.16. The van der Waals surface area contributed by atoms with Crippen molar-refractivity contribution in [3.8, 4) is 5.75 Å². The molecule has 0 aliphatic rings. The first-order chi connectivity index (χ1) is 14.1. The highest BCUT2D eigenvalue weighted by Gasteiger charge is 2.08. The molecule has 0 unspecified atom stereocenters. The molecule has 3 aromatic rings. The molecule has 0 radical (unpaired) electrons. The summed E-state index contributed by atoms with van der Waals surface area (Å²) in [4.78, 5) is 20.8. The molecule has 3 rings (SSSR count). The summed E-state index contributed by atoms with van der Waals surface area (Å²) in [6.07, 6.45) is 4.09. The molecule has 29 heavy (non-hydrogen) atoms. The van der Waals surface area contributed by atoms with Gasteiger partial charge in [-0.25, -0.2) is 9.97 Å². The number of aromatic nitrogens is 2. The highest BCUT2D eigenvalue weighted by atomic mass is 16.5. The molecule has 1 aromatic heterocycles. The van der Waals surface area contributed by atoms with Gasteiger partial charge in [0.15, 0.2) is 0 Å². The van der Waals surface area contributed by atoms with Crippen molar-refractivity contribution >= 4 is 17.5 Å². The summed E-state index contributed by atoms with van der Waals surface area (Å²) in [5, 5.41) is 6.00. The second-order valence-corrected chi connectivity index (χ2v) is 7.16. The van der Waals surface area contributed by atoms with Gasteiger partial charge >= 0.3 is 0 Å². The number of carbonyl (C=O) groups excluding carboxylic acids is 1.